The van der Waals surface area contributed by atoms with Crippen LogP contribution in [0.2, 0.25) is 0 Å². The maximum Gasteiger partial charge on any atom is 0.259 e. The molecule has 0 unspecified atom stereocenters. The molecule has 1 aromatic carbocycles. The Labute approximate surface area is 126 Å². The molecule has 2 rings (SSSR count). The van der Waals surface area contributed by atoms with E-state index in [0.717, 1.165) is 4.88 Å². The predicted molar refractivity (Wildman–Crippen MR) is 82.0 cm³/mol. The number of hydrogen-bond donors (Lipinski definition) is 1. The summed E-state index contributed by atoms with van der Waals surface area (Å²) in [6, 6.07) is 7.51. The number of halogens is 1. The van der Waals surface area contributed by atoms with Gasteiger partial charge in [-0.15, -0.1) is 11.3 Å². The van der Waals surface area contributed by atoms with Gasteiger partial charge in [-0.2, -0.15) is 0 Å². The molecule has 0 aliphatic heterocycles. The fraction of sp³-hybridized carbons (Fsp3) is 0.188. The smallest absolute Gasteiger partial charge is 0.259 e. The molecular formula is C16H14FNO2S. The zero-order valence-electron chi connectivity index (χ0n) is 11.5. The average molecular weight is 303 g/mol. The van der Waals surface area contributed by atoms with Crippen LogP contribution in [0.5, 0.6) is 0 Å². The first-order valence-electron chi connectivity index (χ1n) is 6.41. The van der Waals surface area contributed by atoms with E-state index in [1.165, 1.54) is 23.5 Å². The number of nitrogens with zero attached hydrogens (tertiary/aromatic N) is 1. The fourth-order valence-electron chi connectivity index (χ4n) is 1.86. The lowest BCUT2D eigenvalue weighted by atomic mass is 10.2. The molecule has 0 aliphatic carbocycles. The minimum Gasteiger partial charge on any atom is -0.384 e. The number of aliphatic hydroxyl groups is 1. The fourth-order valence-corrected chi connectivity index (χ4v) is 2.61. The molecule has 0 saturated heterocycles. The highest BCUT2D eigenvalue weighted by Crippen LogP contribution is 2.20. The number of carbonyl (C=O) groups is 1. The zero-order chi connectivity index (χ0) is 15.2. The van der Waals surface area contributed by atoms with Gasteiger partial charge in [0.15, 0.2) is 0 Å². The molecule has 1 aromatic heterocycles. The lowest BCUT2D eigenvalue weighted by Crippen LogP contribution is -2.30. The molecule has 0 saturated carbocycles. The van der Waals surface area contributed by atoms with Gasteiger partial charge in [0.25, 0.3) is 5.91 Å². The Hall–Kier alpha value is -2.16. The van der Waals surface area contributed by atoms with Crippen molar-refractivity contribution in [3.05, 3.63) is 52.0 Å². The highest BCUT2D eigenvalue weighted by atomic mass is 32.1. The van der Waals surface area contributed by atoms with Crippen LogP contribution in [0.3, 0.4) is 0 Å². The van der Waals surface area contributed by atoms with Gasteiger partial charge >= 0.3 is 0 Å². The Bertz CT molecular complexity index is 682. The number of amides is 1. The number of benzene rings is 1. The van der Waals surface area contributed by atoms with Gasteiger partial charge in [-0.25, -0.2) is 4.39 Å². The Morgan fingerprint density at radius 3 is 2.71 bits per heavy atom. The van der Waals surface area contributed by atoms with E-state index in [9.17, 15) is 9.18 Å². The third kappa shape index (κ3) is 3.69. The molecule has 0 fully saturated rings. The Morgan fingerprint density at radius 1 is 1.38 bits per heavy atom. The van der Waals surface area contributed by atoms with Crippen molar-refractivity contribution in [2.45, 2.75) is 6.92 Å². The largest absolute Gasteiger partial charge is 0.384 e. The summed E-state index contributed by atoms with van der Waals surface area (Å²) in [6.07, 6.45) is 0. The summed E-state index contributed by atoms with van der Waals surface area (Å²) < 4.78 is 13.0. The van der Waals surface area contributed by atoms with Crippen LogP contribution in [0.15, 0.2) is 35.7 Å². The first-order chi connectivity index (χ1) is 10.2. The van der Waals surface area contributed by atoms with Gasteiger partial charge in [-0.05, 0) is 37.3 Å². The quantitative estimate of drug-likeness (QED) is 0.886. The molecular weight excluding hydrogens is 289 g/mol. The van der Waals surface area contributed by atoms with Gasteiger partial charge in [0.05, 0.1) is 10.4 Å². The van der Waals surface area contributed by atoms with Crippen LogP contribution in [0, 0.1) is 17.7 Å². The minimum absolute atomic E-state index is 0.155. The Kier molecular flexibility index (Phi) is 5.09. The second kappa shape index (κ2) is 7.02. The third-order valence-corrected chi connectivity index (χ3v) is 3.68. The summed E-state index contributed by atoms with van der Waals surface area (Å²) in [4.78, 5) is 14.8. The molecule has 0 aliphatic rings. The lowest BCUT2D eigenvalue weighted by molar-refractivity contribution is 0.0988. The normalized spacial score (nSPS) is 9.86. The number of carbonyl (C=O) groups excluding carboxylic acids is 1. The molecule has 1 N–H and O–H groups in total. The van der Waals surface area contributed by atoms with Crippen molar-refractivity contribution in [1.82, 2.24) is 0 Å². The molecule has 0 bridgehead atoms. The molecule has 0 atom stereocenters. The van der Waals surface area contributed by atoms with Crippen LogP contribution in [-0.2, 0) is 0 Å². The van der Waals surface area contributed by atoms with Gasteiger partial charge in [-0.1, -0.05) is 11.8 Å². The topological polar surface area (TPSA) is 40.5 Å². The Balaban J connectivity index is 2.24. The second-order valence-electron chi connectivity index (χ2n) is 4.19. The summed E-state index contributed by atoms with van der Waals surface area (Å²) >= 11 is 1.35. The van der Waals surface area contributed by atoms with E-state index in [0.29, 0.717) is 17.8 Å². The maximum atomic E-state index is 13.0. The molecule has 0 radical (unpaired) electrons. The van der Waals surface area contributed by atoms with E-state index in [1.807, 2.05) is 6.92 Å². The van der Waals surface area contributed by atoms with Crippen molar-refractivity contribution < 1.29 is 14.3 Å². The summed E-state index contributed by atoms with van der Waals surface area (Å²) in [5, 5.41) is 10.4. The molecule has 1 amide bonds. The molecule has 1 heterocycles. The summed E-state index contributed by atoms with van der Waals surface area (Å²) in [5.41, 5.74) is 1.19. The lowest BCUT2D eigenvalue weighted by Gasteiger charge is -2.20. The van der Waals surface area contributed by atoms with Crippen LogP contribution in [0.25, 0.3) is 0 Å². The third-order valence-electron chi connectivity index (χ3n) is 2.84. The molecule has 5 heteroatoms. The number of aliphatic hydroxyl groups excluding tert-OH is 1. The van der Waals surface area contributed by atoms with E-state index < -0.39 is 0 Å². The van der Waals surface area contributed by atoms with Crippen molar-refractivity contribution >= 4 is 22.9 Å². The molecule has 0 spiro atoms. The van der Waals surface area contributed by atoms with Crippen LogP contribution in [-0.4, -0.2) is 24.2 Å². The summed E-state index contributed by atoms with van der Waals surface area (Å²) in [5.74, 6) is 4.83. The summed E-state index contributed by atoms with van der Waals surface area (Å²) in [7, 11) is 0. The van der Waals surface area contributed by atoms with E-state index >= 15 is 0 Å². The minimum atomic E-state index is -0.334. The van der Waals surface area contributed by atoms with Crippen molar-refractivity contribution in [2.24, 2.45) is 0 Å². The van der Waals surface area contributed by atoms with Crippen LogP contribution in [0.4, 0.5) is 10.1 Å². The number of hydrogen-bond acceptors (Lipinski definition) is 3. The first kappa shape index (κ1) is 15.2. The van der Waals surface area contributed by atoms with Crippen LogP contribution in [0.1, 0.15) is 22.2 Å². The zero-order valence-corrected chi connectivity index (χ0v) is 12.3. The second-order valence-corrected chi connectivity index (χ2v) is 5.10. The highest BCUT2D eigenvalue weighted by molar-refractivity contribution is 7.10. The van der Waals surface area contributed by atoms with E-state index in [2.05, 4.69) is 11.8 Å². The van der Waals surface area contributed by atoms with E-state index in [1.54, 1.807) is 28.5 Å². The van der Waals surface area contributed by atoms with Crippen molar-refractivity contribution in [3.63, 3.8) is 0 Å². The van der Waals surface area contributed by atoms with E-state index in [-0.39, 0.29) is 18.3 Å². The van der Waals surface area contributed by atoms with Gasteiger partial charge in [0.2, 0.25) is 0 Å². The summed E-state index contributed by atoms with van der Waals surface area (Å²) in [6.45, 7) is 2.13. The number of anilines is 1. The monoisotopic (exact) mass is 303 g/mol. The molecule has 2 aromatic rings. The first-order valence-corrected chi connectivity index (χ1v) is 7.29. The SMILES string of the molecule is CCN(C(=O)c1csc(C#CCO)c1)c1ccc(F)cc1. The number of thiophene rings is 1. The standard InChI is InChI=1S/C16H14FNO2S/c1-2-18(14-7-5-13(17)6-8-14)16(20)12-10-15(21-11-12)4-3-9-19/h5-8,10-11,19H,2,9H2,1H3. The van der Waals surface area contributed by atoms with Gasteiger partial charge in [-0.3, -0.25) is 4.79 Å². The van der Waals surface area contributed by atoms with Gasteiger partial charge in [0, 0.05) is 17.6 Å². The van der Waals surface area contributed by atoms with Crippen molar-refractivity contribution in [2.75, 3.05) is 18.1 Å². The van der Waals surface area contributed by atoms with Crippen LogP contribution < -0.4 is 4.90 Å². The van der Waals surface area contributed by atoms with Gasteiger partial charge in [0.1, 0.15) is 12.4 Å². The number of rotatable bonds is 3. The van der Waals surface area contributed by atoms with E-state index in [4.69, 9.17) is 5.11 Å². The average Bonchev–Trinajstić information content (AvgIpc) is 2.96. The Morgan fingerprint density at radius 2 is 2.10 bits per heavy atom. The predicted octanol–water partition coefficient (Wildman–Crippen LogP) is 2.90. The maximum absolute atomic E-state index is 13.0. The van der Waals surface area contributed by atoms with Crippen molar-refractivity contribution in [3.8, 4) is 11.8 Å². The van der Waals surface area contributed by atoms with Gasteiger partial charge < -0.3 is 10.0 Å². The molecule has 3 nitrogen and oxygen atoms in total. The van der Waals surface area contributed by atoms with Crippen molar-refractivity contribution in [1.29, 1.82) is 0 Å². The highest BCUT2D eigenvalue weighted by Gasteiger charge is 2.17. The molecule has 21 heavy (non-hydrogen) atoms. The van der Waals surface area contributed by atoms with Crippen LogP contribution >= 0.6 is 11.3 Å². The molecule has 108 valence electrons.